The van der Waals surface area contributed by atoms with E-state index in [1.165, 1.54) is 5.06 Å². The third-order valence-corrected chi connectivity index (χ3v) is 4.29. The zero-order chi connectivity index (χ0) is 11.9. The average molecular weight is 324 g/mol. The standard InChI is InChI=1S/C11H19INO2/c1-10(2)6-8(5-9(14)7-12)11(3,4)13(10)15/h8H,5-7H2,1-4H3. The predicted molar refractivity (Wildman–Crippen MR) is 67.3 cm³/mol. The summed E-state index contributed by atoms with van der Waals surface area (Å²) in [6.45, 7) is 7.80. The number of alkyl halides is 1. The number of hydrogen-bond donors (Lipinski definition) is 0. The van der Waals surface area contributed by atoms with E-state index in [1.807, 2.05) is 27.7 Å². The molecule has 1 heterocycles. The molecule has 0 amide bonds. The molecule has 0 aromatic heterocycles. The Morgan fingerprint density at radius 2 is 1.93 bits per heavy atom. The van der Waals surface area contributed by atoms with Crippen LogP contribution in [0.15, 0.2) is 0 Å². The van der Waals surface area contributed by atoms with Crippen LogP contribution in [0.1, 0.15) is 40.5 Å². The minimum absolute atomic E-state index is 0.187. The third kappa shape index (κ3) is 2.53. The first-order chi connectivity index (χ1) is 6.71. The van der Waals surface area contributed by atoms with E-state index in [-0.39, 0.29) is 17.2 Å². The maximum atomic E-state index is 12.0. The van der Waals surface area contributed by atoms with Crippen LogP contribution < -0.4 is 0 Å². The molecule has 0 aromatic carbocycles. The van der Waals surface area contributed by atoms with E-state index in [2.05, 4.69) is 22.6 Å². The lowest BCUT2D eigenvalue weighted by atomic mass is 9.83. The summed E-state index contributed by atoms with van der Waals surface area (Å²) in [6, 6.07) is 0. The highest BCUT2D eigenvalue weighted by molar-refractivity contribution is 14.1. The van der Waals surface area contributed by atoms with Crippen LogP contribution in [-0.4, -0.2) is 26.4 Å². The fourth-order valence-corrected chi connectivity index (χ4v) is 2.84. The van der Waals surface area contributed by atoms with E-state index >= 15 is 0 Å². The average Bonchev–Trinajstić information content (AvgIpc) is 2.27. The smallest absolute Gasteiger partial charge is 0.142 e. The second-order valence-corrected chi connectivity index (χ2v) is 6.30. The summed E-state index contributed by atoms with van der Waals surface area (Å²) in [6.07, 6.45) is 1.35. The molecule has 4 heteroatoms. The summed E-state index contributed by atoms with van der Waals surface area (Å²) in [7, 11) is 0. The molecule has 1 fully saturated rings. The molecule has 1 aliphatic heterocycles. The first kappa shape index (κ1) is 13.4. The molecule has 1 unspecified atom stereocenters. The molecule has 1 radical (unpaired) electrons. The van der Waals surface area contributed by atoms with Crippen molar-refractivity contribution in [3.05, 3.63) is 0 Å². The third-order valence-electron chi connectivity index (χ3n) is 3.44. The van der Waals surface area contributed by atoms with Crippen molar-refractivity contribution in [3.63, 3.8) is 0 Å². The van der Waals surface area contributed by atoms with Crippen molar-refractivity contribution < 1.29 is 10.0 Å². The molecule has 0 aliphatic carbocycles. The van der Waals surface area contributed by atoms with Gasteiger partial charge in [-0.25, -0.2) is 0 Å². The van der Waals surface area contributed by atoms with E-state index in [0.29, 0.717) is 10.8 Å². The Hall–Kier alpha value is 0.320. The molecule has 1 atom stereocenters. The van der Waals surface area contributed by atoms with Crippen molar-refractivity contribution in [1.29, 1.82) is 0 Å². The molecular weight excluding hydrogens is 305 g/mol. The van der Waals surface area contributed by atoms with E-state index in [0.717, 1.165) is 6.42 Å². The highest BCUT2D eigenvalue weighted by atomic mass is 127. The fourth-order valence-electron chi connectivity index (χ4n) is 2.53. The summed E-state index contributed by atoms with van der Waals surface area (Å²) >= 11 is 2.08. The molecule has 0 bridgehead atoms. The van der Waals surface area contributed by atoms with Crippen LogP contribution in [0, 0.1) is 5.92 Å². The predicted octanol–water partition coefficient (Wildman–Crippen LogP) is 2.61. The minimum atomic E-state index is -0.412. The van der Waals surface area contributed by atoms with Crippen LogP contribution >= 0.6 is 22.6 Å². The van der Waals surface area contributed by atoms with Gasteiger partial charge in [-0.05, 0) is 40.0 Å². The van der Waals surface area contributed by atoms with Crippen LogP contribution in [0.3, 0.4) is 0 Å². The number of hydrogen-bond acceptors (Lipinski definition) is 2. The highest BCUT2D eigenvalue weighted by Gasteiger charge is 2.52. The Labute approximate surface area is 105 Å². The monoisotopic (exact) mass is 324 g/mol. The number of rotatable bonds is 3. The fraction of sp³-hybridized carbons (Fsp3) is 0.909. The molecule has 3 nitrogen and oxygen atoms in total. The number of carbonyl (C=O) groups is 1. The SMILES string of the molecule is CC1(C)CC(CC(=O)CI)C(C)(C)N1[O]. The van der Waals surface area contributed by atoms with Crippen LogP contribution in [0.2, 0.25) is 0 Å². The quantitative estimate of drug-likeness (QED) is 0.591. The van der Waals surface area contributed by atoms with E-state index < -0.39 is 5.54 Å². The van der Waals surface area contributed by atoms with Gasteiger partial charge in [-0.15, -0.1) is 10.3 Å². The van der Waals surface area contributed by atoms with Gasteiger partial charge in [-0.3, -0.25) is 4.79 Å². The second kappa shape index (κ2) is 4.30. The summed E-state index contributed by atoms with van der Waals surface area (Å²) in [5.41, 5.74) is -0.745. The number of halogens is 1. The molecule has 0 saturated carbocycles. The summed E-state index contributed by atoms with van der Waals surface area (Å²) < 4.78 is 0.545. The molecule has 1 aliphatic rings. The molecule has 1 rings (SSSR count). The summed E-state index contributed by atoms with van der Waals surface area (Å²) in [5.74, 6) is 0.437. The summed E-state index contributed by atoms with van der Waals surface area (Å²) in [5, 5.41) is 13.2. The molecule has 0 N–H and O–H groups in total. The van der Waals surface area contributed by atoms with Crippen LogP contribution in [0.4, 0.5) is 0 Å². The lowest BCUT2D eigenvalue weighted by Gasteiger charge is -2.33. The Kier molecular flexibility index (Phi) is 3.83. The Balaban J connectivity index is 2.80. The molecule has 15 heavy (non-hydrogen) atoms. The zero-order valence-corrected chi connectivity index (χ0v) is 12.0. The van der Waals surface area contributed by atoms with Gasteiger partial charge >= 0.3 is 0 Å². The van der Waals surface area contributed by atoms with Crippen LogP contribution in [0.25, 0.3) is 0 Å². The van der Waals surface area contributed by atoms with Crippen molar-refractivity contribution in [3.8, 4) is 0 Å². The number of nitrogens with zero attached hydrogens (tertiary/aromatic N) is 1. The van der Waals surface area contributed by atoms with E-state index in [9.17, 15) is 10.0 Å². The van der Waals surface area contributed by atoms with Crippen molar-refractivity contribution in [1.82, 2.24) is 5.06 Å². The Morgan fingerprint density at radius 3 is 2.27 bits per heavy atom. The largest absolute Gasteiger partial charge is 0.299 e. The molecule has 0 spiro atoms. The number of carbonyl (C=O) groups excluding carboxylic acids is 1. The first-order valence-corrected chi connectivity index (χ1v) is 6.79. The van der Waals surface area contributed by atoms with Crippen molar-refractivity contribution in [2.75, 3.05) is 4.43 Å². The van der Waals surface area contributed by atoms with Gasteiger partial charge in [0.05, 0.1) is 4.43 Å². The van der Waals surface area contributed by atoms with E-state index in [4.69, 9.17) is 0 Å². The number of ketones is 1. The van der Waals surface area contributed by atoms with Crippen molar-refractivity contribution in [2.24, 2.45) is 5.92 Å². The second-order valence-electron chi connectivity index (χ2n) is 5.54. The maximum absolute atomic E-state index is 12.0. The lowest BCUT2D eigenvalue weighted by molar-refractivity contribution is -0.248. The van der Waals surface area contributed by atoms with Gasteiger partial charge in [0.15, 0.2) is 0 Å². The maximum Gasteiger partial charge on any atom is 0.142 e. The molecule has 0 aromatic rings. The topological polar surface area (TPSA) is 40.2 Å². The van der Waals surface area contributed by atoms with Gasteiger partial charge < -0.3 is 0 Å². The first-order valence-electron chi connectivity index (χ1n) is 5.27. The van der Waals surface area contributed by atoms with Crippen molar-refractivity contribution in [2.45, 2.75) is 51.6 Å². The minimum Gasteiger partial charge on any atom is -0.299 e. The van der Waals surface area contributed by atoms with Crippen LogP contribution in [-0.2, 0) is 10.0 Å². The Morgan fingerprint density at radius 1 is 1.40 bits per heavy atom. The molecule has 1 saturated heterocycles. The van der Waals surface area contributed by atoms with Gasteiger partial charge in [0, 0.05) is 17.5 Å². The lowest BCUT2D eigenvalue weighted by Crippen LogP contribution is -2.46. The zero-order valence-electron chi connectivity index (χ0n) is 9.84. The number of Topliss-reactive ketones (excluding diaryl/α,β-unsaturated/α-hetero) is 1. The van der Waals surface area contributed by atoms with Gasteiger partial charge in [0.25, 0.3) is 0 Å². The molecular formula is C11H19INO2. The Bertz CT molecular complexity index is 263. The van der Waals surface area contributed by atoms with Crippen molar-refractivity contribution >= 4 is 28.4 Å². The van der Waals surface area contributed by atoms with Gasteiger partial charge in [0.1, 0.15) is 5.78 Å². The molecule has 87 valence electrons. The highest BCUT2D eigenvalue weighted by Crippen LogP contribution is 2.45. The van der Waals surface area contributed by atoms with Gasteiger partial charge in [-0.2, -0.15) is 0 Å². The normalized spacial score (nSPS) is 29.3. The van der Waals surface area contributed by atoms with Gasteiger partial charge in [0.2, 0.25) is 0 Å². The van der Waals surface area contributed by atoms with E-state index in [1.54, 1.807) is 0 Å². The number of hydroxylamine groups is 2. The summed E-state index contributed by atoms with van der Waals surface area (Å²) in [4.78, 5) is 11.4. The van der Waals surface area contributed by atoms with Gasteiger partial charge in [-0.1, -0.05) is 22.6 Å². The van der Waals surface area contributed by atoms with Crippen LogP contribution in [0.5, 0.6) is 0 Å².